The van der Waals surface area contributed by atoms with E-state index in [0.717, 1.165) is 12.0 Å². The Hall–Kier alpha value is -1.51. The Balaban J connectivity index is 2.02. The molecule has 1 aliphatic heterocycles. The predicted molar refractivity (Wildman–Crippen MR) is 86.0 cm³/mol. The molecule has 0 spiro atoms. The molecule has 3 rings (SSSR count). The molecule has 0 unspecified atom stereocenters. The van der Waals surface area contributed by atoms with E-state index in [9.17, 15) is 4.79 Å². The van der Waals surface area contributed by atoms with Gasteiger partial charge in [0.2, 0.25) is 5.91 Å². The molecule has 2 aromatic rings. The Morgan fingerprint density at radius 3 is 2.43 bits per heavy atom. The van der Waals surface area contributed by atoms with Crippen LogP contribution in [0.2, 0.25) is 10.0 Å². The second-order valence-electron chi connectivity index (χ2n) is 5.25. The van der Waals surface area contributed by atoms with Crippen LogP contribution in [0, 0.1) is 0 Å². The zero-order valence-electron chi connectivity index (χ0n) is 11.4. The molecule has 4 heteroatoms. The van der Waals surface area contributed by atoms with Crippen LogP contribution in [0.5, 0.6) is 0 Å². The minimum atomic E-state index is -0.226. The van der Waals surface area contributed by atoms with Gasteiger partial charge in [0.25, 0.3) is 0 Å². The Bertz CT molecular complexity index is 657. The van der Waals surface area contributed by atoms with Crippen LogP contribution in [0.15, 0.2) is 48.5 Å². The summed E-state index contributed by atoms with van der Waals surface area (Å²) in [5.74, 6) is -0.0124. The molecule has 0 saturated carbocycles. The van der Waals surface area contributed by atoms with Gasteiger partial charge >= 0.3 is 0 Å². The summed E-state index contributed by atoms with van der Waals surface area (Å²) in [5.41, 5.74) is 2.10. The molecule has 0 radical (unpaired) electrons. The van der Waals surface area contributed by atoms with Gasteiger partial charge in [-0.25, -0.2) is 0 Å². The predicted octanol–water partition coefficient (Wildman–Crippen LogP) is 4.38. The summed E-state index contributed by atoms with van der Waals surface area (Å²) in [6.45, 7) is 0.705. The van der Waals surface area contributed by atoms with E-state index in [1.54, 1.807) is 12.1 Å². The van der Waals surface area contributed by atoms with Gasteiger partial charge in [0.15, 0.2) is 0 Å². The van der Waals surface area contributed by atoms with E-state index in [1.165, 1.54) is 5.56 Å². The fourth-order valence-electron chi connectivity index (χ4n) is 2.96. The number of hydrogen-bond acceptors (Lipinski definition) is 1. The van der Waals surface area contributed by atoms with Crippen LogP contribution >= 0.6 is 23.2 Å². The van der Waals surface area contributed by atoms with Crippen LogP contribution in [0.3, 0.4) is 0 Å². The molecule has 0 bridgehead atoms. The van der Waals surface area contributed by atoms with Crippen molar-refractivity contribution >= 4 is 29.1 Å². The lowest BCUT2D eigenvalue weighted by Gasteiger charge is -2.32. The number of piperidine rings is 1. The highest BCUT2D eigenvalue weighted by atomic mass is 35.5. The fraction of sp³-hybridized carbons (Fsp3) is 0.235. The van der Waals surface area contributed by atoms with E-state index < -0.39 is 0 Å². The first kappa shape index (κ1) is 14.4. The van der Waals surface area contributed by atoms with Crippen LogP contribution in [0.4, 0.5) is 0 Å². The van der Waals surface area contributed by atoms with Gasteiger partial charge in [-0.1, -0.05) is 59.6 Å². The lowest BCUT2D eigenvalue weighted by molar-refractivity contribution is -0.124. The van der Waals surface area contributed by atoms with E-state index in [1.807, 2.05) is 24.3 Å². The zero-order chi connectivity index (χ0) is 14.8. The SMILES string of the molecule is O=C1NCC[C@@H](c2ccccc2)[C@H]1c1ccc(Cl)c(Cl)c1. The number of carbonyl (C=O) groups excluding carboxylic acids is 1. The Morgan fingerprint density at radius 1 is 0.952 bits per heavy atom. The highest BCUT2D eigenvalue weighted by Gasteiger charge is 2.34. The Kier molecular flexibility index (Phi) is 4.18. The topological polar surface area (TPSA) is 29.1 Å². The van der Waals surface area contributed by atoms with Crippen molar-refractivity contribution in [1.29, 1.82) is 0 Å². The number of halogens is 2. The van der Waals surface area contributed by atoms with Crippen molar-refractivity contribution in [2.45, 2.75) is 18.3 Å². The summed E-state index contributed by atoms with van der Waals surface area (Å²) in [7, 11) is 0. The molecule has 1 fully saturated rings. The number of carbonyl (C=O) groups is 1. The largest absolute Gasteiger partial charge is 0.356 e. The van der Waals surface area contributed by atoms with Crippen LogP contribution in [0.25, 0.3) is 0 Å². The average molecular weight is 320 g/mol. The highest BCUT2D eigenvalue weighted by molar-refractivity contribution is 6.42. The summed E-state index contributed by atoms with van der Waals surface area (Å²) in [6.07, 6.45) is 0.917. The summed E-state index contributed by atoms with van der Waals surface area (Å²) in [5, 5.41) is 3.94. The summed E-state index contributed by atoms with van der Waals surface area (Å²) in [4.78, 5) is 12.4. The molecule has 0 aromatic heterocycles. The maximum atomic E-state index is 12.4. The van der Waals surface area contributed by atoms with Crippen molar-refractivity contribution in [2.75, 3.05) is 6.54 Å². The zero-order valence-corrected chi connectivity index (χ0v) is 12.9. The van der Waals surface area contributed by atoms with Crippen LogP contribution in [-0.4, -0.2) is 12.5 Å². The molecule has 1 heterocycles. The molecule has 1 amide bonds. The third kappa shape index (κ3) is 2.92. The summed E-state index contributed by atoms with van der Waals surface area (Å²) in [6, 6.07) is 15.6. The van der Waals surface area contributed by atoms with Gasteiger partial charge in [-0.05, 0) is 29.7 Å². The van der Waals surface area contributed by atoms with E-state index in [-0.39, 0.29) is 17.7 Å². The number of hydrogen-bond donors (Lipinski definition) is 1. The van der Waals surface area contributed by atoms with E-state index in [4.69, 9.17) is 23.2 Å². The molecular weight excluding hydrogens is 305 g/mol. The van der Waals surface area contributed by atoms with Crippen molar-refractivity contribution in [3.8, 4) is 0 Å². The van der Waals surface area contributed by atoms with E-state index >= 15 is 0 Å². The standard InChI is InChI=1S/C17H15Cl2NO/c18-14-7-6-12(10-15(14)19)16-13(8-9-20-17(16)21)11-4-2-1-3-5-11/h1-7,10,13,16H,8-9H2,(H,20,21)/t13-,16+/m0/s1. The van der Waals surface area contributed by atoms with Gasteiger partial charge < -0.3 is 5.32 Å². The first-order valence-electron chi connectivity index (χ1n) is 6.94. The van der Waals surface area contributed by atoms with Crippen molar-refractivity contribution in [1.82, 2.24) is 5.32 Å². The Labute approximate surface area is 134 Å². The van der Waals surface area contributed by atoms with Crippen LogP contribution in [-0.2, 0) is 4.79 Å². The third-order valence-electron chi connectivity index (χ3n) is 3.97. The van der Waals surface area contributed by atoms with Gasteiger partial charge in [-0.15, -0.1) is 0 Å². The molecule has 1 N–H and O–H groups in total. The van der Waals surface area contributed by atoms with Gasteiger partial charge in [-0.2, -0.15) is 0 Å². The van der Waals surface area contributed by atoms with Gasteiger partial charge in [0.1, 0.15) is 0 Å². The maximum absolute atomic E-state index is 12.4. The van der Waals surface area contributed by atoms with Gasteiger partial charge in [0.05, 0.1) is 16.0 Å². The second kappa shape index (κ2) is 6.08. The first-order chi connectivity index (χ1) is 10.2. The normalized spacial score (nSPS) is 21.9. The maximum Gasteiger partial charge on any atom is 0.228 e. The van der Waals surface area contributed by atoms with Crippen molar-refractivity contribution in [2.24, 2.45) is 0 Å². The molecule has 1 saturated heterocycles. The second-order valence-corrected chi connectivity index (χ2v) is 6.06. The van der Waals surface area contributed by atoms with Crippen molar-refractivity contribution < 1.29 is 4.79 Å². The van der Waals surface area contributed by atoms with E-state index in [0.29, 0.717) is 16.6 Å². The Morgan fingerprint density at radius 2 is 1.71 bits per heavy atom. The summed E-state index contributed by atoms with van der Waals surface area (Å²) < 4.78 is 0. The minimum absolute atomic E-state index is 0.0495. The minimum Gasteiger partial charge on any atom is -0.356 e. The third-order valence-corrected chi connectivity index (χ3v) is 4.71. The van der Waals surface area contributed by atoms with Crippen LogP contribution < -0.4 is 5.32 Å². The number of nitrogens with one attached hydrogen (secondary N) is 1. The van der Waals surface area contributed by atoms with Crippen molar-refractivity contribution in [3.05, 3.63) is 69.7 Å². The monoisotopic (exact) mass is 319 g/mol. The molecule has 21 heavy (non-hydrogen) atoms. The first-order valence-corrected chi connectivity index (χ1v) is 7.70. The smallest absolute Gasteiger partial charge is 0.228 e. The number of benzene rings is 2. The molecule has 108 valence electrons. The van der Waals surface area contributed by atoms with Gasteiger partial charge in [-0.3, -0.25) is 4.79 Å². The van der Waals surface area contributed by atoms with Crippen LogP contribution in [0.1, 0.15) is 29.4 Å². The summed E-state index contributed by atoms with van der Waals surface area (Å²) >= 11 is 12.1. The molecule has 2 nitrogen and oxygen atoms in total. The van der Waals surface area contributed by atoms with Crippen molar-refractivity contribution in [3.63, 3.8) is 0 Å². The highest BCUT2D eigenvalue weighted by Crippen LogP contribution is 2.39. The number of rotatable bonds is 2. The lowest BCUT2D eigenvalue weighted by Crippen LogP contribution is -2.39. The van der Waals surface area contributed by atoms with Gasteiger partial charge in [0, 0.05) is 12.5 Å². The molecule has 2 aromatic carbocycles. The average Bonchev–Trinajstić information content (AvgIpc) is 2.51. The fourth-order valence-corrected chi connectivity index (χ4v) is 3.27. The molecular formula is C17H15Cl2NO. The molecule has 0 aliphatic carbocycles. The molecule has 1 aliphatic rings. The lowest BCUT2D eigenvalue weighted by atomic mass is 9.77. The van der Waals surface area contributed by atoms with E-state index in [2.05, 4.69) is 17.4 Å². The quantitative estimate of drug-likeness (QED) is 0.874. The molecule has 2 atom stereocenters. The number of amides is 1.